The molecule has 0 bridgehead atoms. The number of nitrogens with zero attached hydrogens (tertiary/aromatic N) is 6. The number of carbonyl (C=O) groups is 2. The second-order valence-electron chi connectivity index (χ2n) is 6.29. The summed E-state index contributed by atoms with van der Waals surface area (Å²) < 4.78 is 7.04. The SMILES string of the molecule is CCN(C(C)=O)c1nc(COC(=O)Cc2c(C)nc3nc(SC)nn3c2C)cs1. The highest BCUT2D eigenvalue weighted by Gasteiger charge is 2.18. The van der Waals surface area contributed by atoms with Crippen LogP contribution >= 0.6 is 23.1 Å². The zero-order valence-electron chi connectivity index (χ0n) is 16.9. The molecule has 0 N–H and O–H groups in total. The number of hydrogen-bond donors (Lipinski definition) is 0. The normalized spacial score (nSPS) is 11.1. The van der Waals surface area contributed by atoms with Crippen molar-refractivity contribution in [2.75, 3.05) is 17.7 Å². The second-order valence-corrected chi connectivity index (χ2v) is 7.90. The molecule has 3 rings (SSSR count). The van der Waals surface area contributed by atoms with Crippen LogP contribution in [0.15, 0.2) is 10.5 Å². The number of hydrogen-bond acceptors (Lipinski definition) is 9. The Kier molecular flexibility index (Phi) is 6.48. The van der Waals surface area contributed by atoms with Crippen LogP contribution in [-0.4, -0.2) is 49.2 Å². The van der Waals surface area contributed by atoms with E-state index in [4.69, 9.17) is 4.74 Å². The molecule has 0 aliphatic rings. The monoisotopic (exact) mass is 434 g/mol. The molecule has 154 valence electrons. The van der Waals surface area contributed by atoms with Crippen molar-refractivity contribution < 1.29 is 14.3 Å². The van der Waals surface area contributed by atoms with Crippen LogP contribution in [0.25, 0.3) is 5.78 Å². The highest BCUT2D eigenvalue weighted by molar-refractivity contribution is 7.98. The standard InChI is InChI=1S/C18H22N6O3S2/c1-6-23(12(4)25)18-20-13(9-29-18)8-27-15(26)7-14-10(2)19-16-21-17(28-5)22-24(16)11(14)3/h9H,6-8H2,1-5H3. The minimum Gasteiger partial charge on any atom is -0.459 e. The molecule has 0 saturated carbocycles. The number of thioether (sulfide) groups is 1. The number of aromatic nitrogens is 5. The Bertz CT molecular complexity index is 1060. The summed E-state index contributed by atoms with van der Waals surface area (Å²) in [7, 11) is 0. The maximum atomic E-state index is 12.4. The van der Waals surface area contributed by atoms with Crippen LogP contribution in [0.4, 0.5) is 5.13 Å². The third-order valence-corrected chi connectivity index (χ3v) is 5.83. The molecule has 0 atom stereocenters. The van der Waals surface area contributed by atoms with Gasteiger partial charge in [-0.05, 0) is 27.0 Å². The molecule has 3 aromatic rings. The van der Waals surface area contributed by atoms with E-state index in [0.717, 1.165) is 17.0 Å². The Balaban J connectivity index is 1.68. The Labute approximate surface area is 176 Å². The molecule has 0 aliphatic heterocycles. The molecule has 0 aromatic carbocycles. The fourth-order valence-electron chi connectivity index (χ4n) is 2.86. The van der Waals surface area contributed by atoms with Crippen molar-refractivity contribution in [1.82, 2.24) is 24.6 Å². The van der Waals surface area contributed by atoms with E-state index in [1.54, 1.807) is 14.8 Å². The van der Waals surface area contributed by atoms with Crippen molar-refractivity contribution in [3.05, 3.63) is 28.0 Å². The van der Waals surface area contributed by atoms with Gasteiger partial charge in [0, 0.05) is 35.8 Å². The van der Waals surface area contributed by atoms with Gasteiger partial charge in [0.15, 0.2) is 5.13 Å². The predicted octanol–water partition coefficient (Wildman–Crippen LogP) is 2.58. The van der Waals surface area contributed by atoms with E-state index in [2.05, 4.69) is 20.1 Å². The smallest absolute Gasteiger partial charge is 0.310 e. The fraction of sp³-hybridized carbons (Fsp3) is 0.444. The molecule has 0 radical (unpaired) electrons. The van der Waals surface area contributed by atoms with Crippen molar-refractivity contribution in [3.63, 3.8) is 0 Å². The van der Waals surface area contributed by atoms with E-state index < -0.39 is 0 Å². The molecule has 0 spiro atoms. The van der Waals surface area contributed by atoms with Gasteiger partial charge < -0.3 is 4.74 Å². The molecule has 0 fully saturated rings. The summed E-state index contributed by atoms with van der Waals surface area (Å²) in [6.07, 6.45) is 1.98. The Hall–Kier alpha value is -2.53. The first-order valence-electron chi connectivity index (χ1n) is 8.99. The fourth-order valence-corrected chi connectivity index (χ4v) is 4.11. The van der Waals surface area contributed by atoms with Crippen LogP contribution in [0, 0.1) is 13.8 Å². The molecule has 0 unspecified atom stereocenters. The van der Waals surface area contributed by atoms with E-state index in [1.165, 1.54) is 30.0 Å². The van der Waals surface area contributed by atoms with Gasteiger partial charge in [-0.15, -0.1) is 16.4 Å². The van der Waals surface area contributed by atoms with Crippen molar-refractivity contribution in [2.24, 2.45) is 0 Å². The lowest BCUT2D eigenvalue weighted by Gasteiger charge is -2.14. The summed E-state index contributed by atoms with van der Waals surface area (Å²) in [5, 5.41) is 7.41. The number of esters is 1. The highest BCUT2D eigenvalue weighted by atomic mass is 32.2. The lowest BCUT2D eigenvalue weighted by atomic mass is 10.1. The number of aryl methyl sites for hydroxylation is 2. The molecule has 0 aliphatic carbocycles. The lowest BCUT2D eigenvalue weighted by molar-refractivity contribution is -0.144. The number of thiazole rings is 1. The Morgan fingerprint density at radius 2 is 2.03 bits per heavy atom. The van der Waals surface area contributed by atoms with Crippen LogP contribution in [0.3, 0.4) is 0 Å². The number of amides is 1. The van der Waals surface area contributed by atoms with Crippen molar-refractivity contribution in [1.29, 1.82) is 0 Å². The number of rotatable bonds is 7. The van der Waals surface area contributed by atoms with Gasteiger partial charge in [0.05, 0.1) is 12.1 Å². The quantitative estimate of drug-likeness (QED) is 0.413. The number of fused-ring (bicyclic) bond motifs is 1. The van der Waals surface area contributed by atoms with E-state index in [-0.39, 0.29) is 24.9 Å². The van der Waals surface area contributed by atoms with Gasteiger partial charge in [0.25, 0.3) is 5.78 Å². The number of anilines is 1. The van der Waals surface area contributed by atoms with Crippen LogP contribution in [0.5, 0.6) is 0 Å². The summed E-state index contributed by atoms with van der Waals surface area (Å²) in [4.78, 5) is 38.8. The molecule has 11 heteroatoms. The lowest BCUT2D eigenvalue weighted by Crippen LogP contribution is -2.27. The second kappa shape index (κ2) is 8.87. The molecule has 3 aromatic heterocycles. The minimum atomic E-state index is -0.379. The molecular formula is C18H22N6O3S2. The third kappa shape index (κ3) is 4.56. The first-order valence-corrected chi connectivity index (χ1v) is 11.1. The zero-order valence-corrected chi connectivity index (χ0v) is 18.6. The topological polar surface area (TPSA) is 103 Å². The van der Waals surface area contributed by atoms with E-state index in [0.29, 0.717) is 28.3 Å². The molecule has 3 heterocycles. The van der Waals surface area contributed by atoms with Gasteiger partial charge in [-0.2, -0.15) is 4.98 Å². The summed E-state index contributed by atoms with van der Waals surface area (Å²) in [5.74, 6) is 0.0652. The van der Waals surface area contributed by atoms with Gasteiger partial charge in [-0.25, -0.2) is 14.5 Å². The highest BCUT2D eigenvalue weighted by Crippen LogP contribution is 2.22. The average molecular weight is 435 g/mol. The summed E-state index contributed by atoms with van der Waals surface area (Å²) in [6, 6.07) is 0. The van der Waals surface area contributed by atoms with Gasteiger partial charge in [0.2, 0.25) is 11.1 Å². The first-order chi connectivity index (χ1) is 13.8. The predicted molar refractivity (Wildman–Crippen MR) is 111 cm³/mol. The van der Waals surface area contributed by atoms with Gasteiger partial charge in [-0.1, -0.05) is 11.8 Å². The minimum absolute atomic E-state index is 0.0541. The molecule has 1 amide bonds. The van der Waals surface area contributed by atoms with E-state index in [9.17, 15) is 9.59 Å². The average Bonchev–Trinajstić information content (AvgIpc) is 3.30. The van der Waals surface area contributed by atoms with Crippen LogP contribution < -0.4 is 4.90 Å². The van der Waals surface area contributed by atoms with E-state index >= 15 is 0 Å². The van der Waals surface area contributed by atoms with Crippen LogP contribution in [0.2, 0.25) is 0 Å². The largest absolute Gasteiger partial charge is 0.459 e. The number of ether oxygens (including phenoxy) is 1. The summed E-state index contributed by atoms with van der Waals surface area (Å²) in [5.41, 5.74) is 2.92. The Morgan fingerprint density at radius 3 is 2.69 bits per heavy atom. The van der Waals surface area contributed by atoms with Gasteiger partial charge >= 0.3 is 5.97 Å². The Morgan fingerprint density at radius 1 is 1.28 bits per heavy atom. The van der Waals surface area contributed by atoms with Crippen LogP contribution in [0.1, 0.15) is 36.5 Å². The maximum absolute atomic E-state index is 12.4. The molecule has 9 nitrogen and oxygen atoms in total. The van der Waals surface area contributed by atoms with Crippen molar-refractivity contribution >= 4 is 45.9 Å². The van der Waals surface area contributed by atoms with Crippen molar-refractivity contribution in [2.45, 2.75) is 45.9 Å². The van der Waals surface area contributed by atoms with E-state index in [1.807, 2.05) is 27.0 Å². The molecule has 29 heavy (non-hydrogen) atoms. The van der Waals surface area contributed by atoms with Crippen LogP contribution in [-0.2, 0) is 27.4 Å². The first kappa shape index (κ1) is 21.2. The summed E-state index contributed by atoms with van der Waals surface area (Å²) in [6.45, 7) is 7.70. The summed E-state index contributed by atoms with van der Waals surface area (Å²) >= 11 is 2.79. The van der Waals surface area contributed by atoms with Crippen molar-refractivity contribution in [3.8, 4) is 0 Å². The number of carbonyl (C=O) groups excluding carboxylic acids is 2. The van der Waals surface area contributed by atoms with Gasteiger partial charge in [0.1, 0.15) is 6.61 Å². The van der Waals surface area contributed by atoms with Gasteiger partial charge in [-0.3, -0.25) is 14.5 Å². The zero-order chi connectivity index (χ0) is 21.1. The third-order valence-electron chi connectivity index (χ3n) is 4.38. The maximum Gasteiger partial charge on any atom is 0.310 e. The molecular weight excluding hydrogens is 412 g/mol. The molecule has 0 saturated heterocycles.